The molecule has 0 heterocycles. The molecule has 1 rings (SSSR count). The summed E-state index contributed by atoms with van der Waals surface area (Å²) in [5, 5.41) is 18.2. The second-order valence-corrected chi connectivity index (χ2v) is 3.15. The van der Waals surface area contributed by atoms with Gasteiger partial charge >= 0.3 is 5.97 Å². The van der Waals surface area contributed by atoms with Gasteiger partial charge in [-0.2, -0.15) is 0 Å². The van der Waals surface area contributed by atoms with Crippen LogP contribution in [0.15, 0.2) is 18.2 Å². The van der Waals surface area contributed by atoms with E-state index in [9.17, 15) is 9.90 Å². The maximum Gasteiger partial charge on any atom is 0.337 e. The van der Waals surface area contributed by atoms with Crippen LogP contribution in [0.4, 0.5) is 5.69 Å². The van der Waals surface area contributed by atoms with Crippen molar-refractivity contribution in [1.82, 2.24) is 0 Å². The number of hydrogen-bond acceptors (Lipinski definition) is 4. The molecule has 0 fully saturated rings. The number of aliphatic carboxylic acids is 1. The van der Waals surface area contributed by atoms with Crippen LogP contribution in [-0.4, -0.2) is 16.2 Å². The zero-order chi connectivity index (χ0) is 11.4. The lowest BCUT2D eigenvalue weighted by molar-refractivity contribution is -0.147. The van der Waals surface area contributed by atoms with E-state index in [4.69, 9.17) is 10.9 Å². The summed E-state index contributed by atoms with van der Waals surface area (Å²) < 4.78 is 0. The third-order valence-corrected chi connectivity index (χ3v) is 2.22. The van der Waals surface area contributed by atoms with Crippen LogP contribution in [0.3, 0.4) is 0 Å². The normalized spacial score (nSPS) is 12.2. The number of carboxylic acids is 1. The Bertz CT molecular complexity index is 366. The van der Waals surface area contributed by atoms with Gasteiger partial charge in [0.05, 0.1) is 0 Å². The first-order valence-electron chi connectivity index (χ1n) is 4.60. The minimum absolute atomic E-state index is 0.375. The largest absolute Gasteiger partial charge is 0.479 e. The Kier molecular flexibility index (Phi) is 3.65. The SMILES string of the molecule is CCc1ccc(NN)cc1C(O)C(=O)O. The van der Waals surface area contributed by atoms with E-state index in [1.165, 1.54) is 6.07 Å². The number of carboxylic acid groups (broad SMARTS) is 1. The van der Waals surface area contributed by atoms with Crippen molar-refractivity contribution in [3.8, 4) is 0 Å². The van der Waals surface area contributed by atoms with Gasteiger partial charge in [0.2, 0.25) is 0 Å². The summed E-state index contributed by atoms with van der Waals surface area (Å²) >= 11 is 0. The van der Waals surface area contributed by atoms with Gasteiger partial charge in [-0.05, 0) is 29.7 Å². The number of rotatable bonds is 4. The van der Waals surface area contributed by atoms with Crippen LogP contribution in [-0.2, 0) is 11.2 Å². The van der Waals surface area contributed by atoms with Crippen molar-refractivity contribution in [1.29, 1.82) is 0 Å². The molecule has 1 atom stereocenters. The number of hydrazine groups is 1. The van der Waals surface area contributed by atoms with Crippen molar-refractivity contribution in [2.75, 3.05) is 5.43 Å². The molecule has 0 aromatic heterocycles. The highest BCUT2D eigenvalue weighted by Gasteiger charge is 2.19. The molecule has 0 spiro atoms. The molecular formula is C10H14N2O3. The molecule has 5 N–H and O–H groups in total. The van der Waals surface area contributed by atoms with E-state index in [1.54, 1.807) is 12.1 Å². The quantitative estimate of drug-likeness (QED) is 0.432. The fourth-order valence-corrected chi connectivity index (χ4v) is 1.39. The summed E-state index contributed by atoms with van der Waals surface area (Å²) in [5.41, 5.74) is 4.15. The predicted octanol–water partition coefficient (Wildman–Crippen LogP) is 0.653. The molecule has 0 aliphatic heterocycles. The van der Waals surface area contributed by atoms with Crippen LogP contribution >= 0.6 is 0 Å². The molecule has 1 aromatic carbocycles. The van der Waals surface area contributed by atoms with Gasteiger partial charge in [-0.3, -0.25) is 5.84 Å². The first-order valence-corrected chi connectivity index (χ1v) is 4.60. The standard InChI is InChI=1S/C10H14N2O3/c1-2-6-3-4-7(12-11)5-8(6)9(13)10(14)15/h3-5,9,12-13H,2,11H2,1H3,(H,14,15). The van der Waals surface area contributed by atoms with Crippen LogP contribution in [0.5, 0.6) is 0 Å². The average molecular weight is 210 g/mol. The Morgan fingerprint density at radius 3 is 2.73 bits per heavy atom. The summed E-state index contributed by atoms with van der Waals surface area (Å²) in [6, 6.07) is 5.02. The molecule has 0 bridgehead atoms. The summed E-state index contributed by atoms with van der Waals surface area (Å²) in [7, 11) is 0. The molecule has 0 radical (unpaired) electrons. The van der Waals surface area contributed by atoms with Gasteiger partial charge in [0.1, 0.15) is 0 Å². The van der Waals surface area contributed by atoms with Crippen molar-refractivity contribution in [2.45, 2.75) is 19.4 Å². The maximum atomic E-state index is 10.7. The van der Waals surface area contributed by atoms with Crippen LogP contribution in [0.2, 0.25) is 0 Å². The molecule has 0 amide bonds. The molecule has 5 heteroatoms. The fraction of sp³-hybridized carbons (Fsp3) is 0.300. The predicted molar refractivity (Wildman–Crippen MR) is 56.2 cm³/mol. The Morgan fingerprint density at radius 1 is 1.60 bits per heavy atom. The second-order valence-electron chi connectivity index (χ2n) is 3.15. The van der Waals surface area contributed by atoms with Crippen LogP contribution in [0, 0.1) is 0 Å². The highest BCUT2D eigenvalue weighted by Crippen LogP contribution is 2.22. The number of aliphatic hydroxyl groups is 1. The van der Waals surface area contributed by atoms with Crippen molar-refractivity contribution >= 4 is 11.7 Å². The highest BCUT2D eigenvalue weighted by molar-refractivity contribution is 5.75. The number of nitrogens with two attached hydrogens (primary N) is 1. The number of benzene rings is 1. The van der Waals surface area contributed by atoms with Gasteiger partial charge in [0, 0.05) is 5.69 Å². The number of nitrogen functional groups attached to an aromatic ring is 1. The average Bonchev–Trinajstić information content (AvgIpc) is 2.27. The lowest BCUT2D eigenvalue weighted by atomic mass is 10.00. The van der Waals surface area contributed by atoms with Gasteiger partial charge in [-0.15, -0.1) is 0 Å². The van der Waals surface area contributed by atoms with E-state index >= 15 is 0 Å². The Morgan fingerprint density at radius 2 is 2.27 bits per heavy atom. The number of carbonyl (C=O) groups is 1. The number of nitrogens with one attached hydrogen (secondary N) is 1. The van der Waals surface area contributed by atoms with E-state index in [-0.39, 0.29) is 0 Å². The topological polar surface area (TPSA) is 95.6 Å². The lowest BCUT2D eigenvalue weighted by Crippen LogP contribution is -2.14. The van der Waals surface area contributed by atoms with Gasteiger partial charge in [-0.1, -0.05) is 13.0 Å². The maximum absolute atomic E-state index is 10.7. The van der Waals surface area contributed by atoms with Crippen LogP contribution in [0.1, 0.15) is 24.2 Å². The number of aryl methyl sites for hydroxylation is 1. The lowest BCUT2D eigenvalue weighted by Gasteiger charge is -2.12. The van der Waals surface area contributed by atoms with E-state index < -0.39 is 12.1 Å². The van der Waals surface area contributed by atoms with Gasteiger partial charge in [0.15, 0.2) is 6.10 Å². The van der Waals surface area contributed by atoms with Crippen LogP contribution < -0.4 is 11.3 Å². The van der Waals surface area contributed by atoms with Gasteiger partial charge in [-0.25, -0.2) is 4.79 Å². The minimum Gasteiger partial charge on any atom is -0.479 e. The number of aliphatic hydroxyl groups excluding tert-OH is 1. The van der Waals surface area contributed by atoms with Crippen molar-refractivity contribution in [3.05, 3.63) is 29.3 Å². The molecule has 5 nitrogen and oxygen atoms in total. The van der Waals surface area contributed by atoms with Crippen molar-refractivity contribution in [3.63, 3.8) is 0 Å². The van der Waals surface area contributed by atoms with Crippen molar-refractivity contribution in [2.24, 2.45) is 5.84 Å². The fourth-order valence-electron chi connectivity index (χ4n) is 1.39. The Balaban J connectivity index is 3.16. The summed E-state index contributed by atoms with van der Waals surface area (Å²) in [6.07, 6.45) is -0.849. The zero-order valence-electron chi connectivity index (χ0n) is 8.40. The van der Waals surface area contributed by atoms with Gasteiger partial charge < -0.3 is 15.6 Å². The highest BCUT2D eigenvalue weighted by atomic mass is 16.4. The number of hydrogen-bond donors (Lipinski definition) is 4. The van der Waals surface area contributed by atoms with E-state index in [2.05, 4.69) is 5.43 Å². The minimum atomic E-state index is -1.51. The molecular weight excluding hydrogens is 196 g/mol. The summed E-state index contributed by atoms with van der Waals surface area (Å²) in [4.78, 5) is 10.7. The summed E-state index contributed by atoms with van der Waals surface area (Å²) in [5.74, 6) is 3.94. The van der Waals surface area contributed by atoms with E-state index in [0.29, 0.717) is 17.7 Å². The number of anilines is 1. The smallest absolute Gasteiger partial charge is 0.337 e. The zero-order valence-corrected chi connectivity index (χ0v) is 8.40. The third-order valence-electron chi connectivity index (χ3n) is 2.22. The Hall–Kier alpha value is -1.59. The first-order chi connectivity index (χ1) is 7.10. The van der Waals surface area contributed by atoms with E-state index in [0.717, 1.165) is 5.56 Å². The molecule has 0 aliphatic rings. The van der Waals surface area contributed by atoms with E-state index in [1.807, 2.05) is 6.92 Å². The third kappa shape index (κ3) is 2.45. The molecule has 0 aliphatic carbocycles. The second kappa shape index (κ2) is 4.77. The monoisotopic (exact) mass is 210 g/mol. The van der Waals surface area contributed by atoms with Gasteiger partial charge in [0.25, 0.3) is 0 Å². The molecule has 15 heavy (non-hydrogen) atoms. The molecule has 0 saturated carbocycles. The van der Waals surface area contributed by atoms with Crippen LogP contribution in [0.25, 0.3) is 0 Å². The molecule has 1 unspecified atom stereocenters. The molecule has 0 saturated heterocycles. The molecule has 82 valence electrons. The first kappa shape index (κ1) is 11.5. The summed E-state index contributed by atoms with van der Waals surface area (Å²) in [6.45, 7) is 1.89. The Labute approximate surface area is 87.5 Å². The molecule has 1 aromatic rings. The van der Waals surface area contributed by atoms with Crippen molar-refractivity contribution < 1.29 is 15.0 Å².